The number of nitrogens with zero attached hydrogens (tertiary/aromatic N) is 4. The van der Waals surface area contributed by atoms with Crippen LogP contribution < -0.4 is 5.32 Å². The summed E-state index contributed by atoms with van der Waals surface area (Å²) in [5, 5.41) is 17.1. The largest absolute Gasteiger partial charge is 0.478 e. The standard InChI is InChI=1S/C31H35F2N5O6/c1-30(2,3)44-29(42)37-15-22(23(16-37)27(39)40)21-13-25-35-24(17-38(25)34-14-21)26(20-9-11-31(32,33)12-10-20)36-28(41)43-18-19-7-5-4-6-8-19/h4-8,13-14,17,20,26H,9-12,15-16,18H2,1-3H3,(H,36,41)(H,39,40). The number of halogens is 2. The van der Waals surface area contributed by atoms with Gasteiger partial charge in [-0.3, -0.25) is 4.90 Å². The Morgan fingerprint density at radius 1 is 1.14 bits per heavy atom. The lowest BCUT2D eigenvalue weighted by Crippen LogP contribution is -2.37. The first-order chi connectivity index (χ1) is 20.8. The van der Waals surface area contributed by atoms with Crippen molar-refractivity contribution in [3.8, 4) is 0 Å². The number of nitrogens with one attached hydrogen (secondary N) is 1. The minimum Gasteiger partial charge on any atom is -0.478 e. The first-order valence-corrected chi connectivity index (χ1v) is 14.4. The van der Waals surface area contributed by atoms with Crippen molar-refractivity contribution in [1.29, 1.82) is 0 Å². The first-order valence-electron chi connectivity index (χ1n) is 14.4. The lowest BCUT2D eigenvalue weighted by molar-refractivity contribution is -0.132. The monoisotopic (exact) mass is 611 g/mol. The van der Waals surface area contributed by atoms with Gasteiger partial charge in [0, 0.05) is 18.4 Å². The summed E-state index contributed by atoms with van der Waals surface area (Å²) in [6, 6.07) is 10.1. The summed E-state index contributed by atoms with van der Waals surface area (Å²) >= 11 is 0. The molecule has 1 aliphatic carbocycles. The highest BCUT2D eigenvalue weighted by molar-refractivity contribution is 6.00. The number of benzene rings is 1. The van der Waals surface area contributed by atoms with Crippen LogP contribution in [0.25, 0.3) is 11.2 Å². The minimum atomic E-state index is -2.76. The average Bonchev–Trinajstić information content (AvgIpc) is 3.60. The Bertz CT molecular complexity index is 1570. The molecule has 13 heteroatoms. The number of aromatic nitrogens is 3. The van der Waals surface area contributed by atoms with E-state index in [0.29, 0.717) is 22.5 Å². The summed E-state index contributed by atoms with van der Waals surface area (Å²) in [6.07, 6.45) is 1.52. The second kappa shape index (κ2) is 12.2. The molecule has 1 saturated carbocycles. The molecule has 0 spiro atoms. The molecule has 1 aromatic carbocycles. The van der Waals surface area contributed by atoms with Gasteiger partial charge in [-0.15, -0.1) is 0 Å². The molecule has 1 aliphatic heterocycles. The molecule has 2 amide bonds. The molecule has 234 valence electrons. The lowest BCUT2D eigenvalue weighted by atomic mass is 9.81. The predicted octanol–water partition coefficient (Wildman–Crippen LogP) is 5.61. The van der Waals surface area contributed by atoms with Gasteiger partial charge in [-0.05, 0) is 56.7 Å². The fourth-order valence-electron chi connectivity index (χ4n) is 5.48. The minimum absolute atomic E-state index is 0.00961. The normalized spacial score (nSPS) is 17.9. The number of aliphatic carboxylic acids is 1. The van der Waals surface area contributed by atoms with Crippen molar-refractivity contribution in [2.75, 3.05) is 13.1 Å². The molecule has 2 aromatic heterocycles. The number of carboxylic acids is 1. The van der Waals surface area contributed by atoms with Gasteiger partial charge in [-0.25, -0.2) is 32.7 Å². The van der Waals surface area contributed by atoms with Crippen LogP contribution in [0.5, 0.6) is 0 Å². The van der Waals surface area contributed by atoms with Gasteiger partial charge >= 0.3 is 18.2 Å². The quantitative estimate of drug-likeness (QED) is 0.352. The third-order valence-corrected chi connectivity index (χ3v) is 7.70. The molecule has 3 heterocycles. The maximum atomic E-state index is 14.0. The number of carbonyl (C=O) groups is 3. The van der Waals surface area contributed by atoms with Crippen LogP contribution in [0.4, 0.5) is 18.4 Å². The van der Waals surface area contributed by atoms with Crippen molar-refractivity contribution in [1.82, 2.24) is 24.8 Å². The molecule has 0 radical (unpaired) electrons. The number of carboxylic acid groups (broad SMARTS) is 1. The second-order valence-corrected chi connectivity index (χ2v) is 12.2. The van der Waals surface area contributed by atoms with E-state index in [-0.39, 0.29) is 56.9 Å². The molecule has 2 aliphatic rings. The summed E-state index contributed by atoms with van der Waals surface area (Å²) in [4.78, 5) is 43.6. The van der Waals surface area contributed by atoms with Crippen molar-refractivity contribution in [2.24, 2.45) is 5.92 Å². The van der Waals surface area contributed by atoms with E-state index in [1.165, 1.54) is 15.6 Å². The molecule has 11 nitrogen and oxygen atoms in total. The highest BCUT2D eigenvalue weighted by atomic mass is 19.3. The van der Waals surface area contributed by atoms with Crippen LogP contribution in [0, 0.1) is 5.92 Å². The summed E-state index contributed by atoms with van der Waals surface area (Å²) < 4.78 is 40.3. The SMILES string of the molecule is CC(C)(C)OC(=O)N1CC(C(=O)O)=C(c2cnn3cc(C(NC(=O)OCc4ccccc4)C4CCC(F)(F)CC4)nc3c2)C1. The fourth-order valence-corrected chi connectivity index (χ4v) is 5.48. The maximum Gasteiger partial charge on any atom is 0.410 e. The van der Waals surface area contributed by atoms with Crippen molar-refractivity contribution in [3.05, 3.63) is 71.2 Å². The molecule has 2 N–H and O–H groups in total. The third kappa shape index (κ3) is 7.32. The van der Waals surface area contributed by atoms with E-state index in [4.69, 9.17) is 9.47 Å². The van der Waals surface area contributed by atoms with E-state index < -0.39 is 35.7 Å². The van der Waals surface area contributed by atoms with Crippen LogP contribution in [-0.2, 0) is 20.9 Å². The van der Waals surface area contributed by atoms with E-state index in [1.54, 1.807) is 33.0 Å². The highest BCUT2D eigenvalue weighted by Crippen LogP contribution is 2.41. The molecule has 0 bridgehead atoms. The van der Waals surface area contributed by atoms with E-state index in [9.17, 15) is 28.3 Å². The molecular weight excluding hydrogens is 576 g/mol. The van der Waals surface area contributed by atoms with Crippen LogP contribution in [0.1, 0.15) is 69.3 Å². The van der Waals surface area contributed by atoms with Gasteiger partial charge in [-0.1, -0.05) is 30.3 Å². The van der Waals surface area contributed by atoms with Crippen LogP contribution in [0.2, 0.25) is 0 Å². The van der Waals surface area contributed by atoms with E-state index >= 15 is 0 Å². The summed E-state index contributed by atoms with van der Waals surface area (Å²) in [5.41, 5.74) is 1.72. The van der Waals surface area contributed by atoms with Gasteiger partial charge in [0.25, 0.3) is 0 Å². The van der Waals surface area contributed by atoms with Crippen molar-refractivity contribution in [2.45, 2.75) is 70.6 Å². The Balaban J connectivity index is 1.39. The molecule has 44 heavy (non-hydrogen) atoms. The zero-order valence-corrected chi connectivity index (χ0v) is 24.8. The highest BCUT2D eigenvalue weighted by Gasteiger charge is 2.40. The molecule has 3 aromatic rings. The number of carbonyl (C=O) groups excluding carboxylic acids is 2. The maximum absolute atomic E-state index is 14.0. The van der Waals surface area contributed by atoms with Crippen LogP contribution in [0.15, 0.2) is 54.4 Å². The average molecular weight is 612 g/mol. The number of fused-ring (bicyclic) bond motifs is 1. The molecule has 5 rings (SSSR count). The van der Waals surface area contributed by atoms with Gasteiger partial charge in [0.15, 0.2) is 5.65 Å². The number of hydrogen-bond donors (Lipinski definition) is 2. The van der Waals surface area contributed by atoms with E-state index in [2.05, 4.69) is 15.4 Å². The Morgan fingerprint density at radius 2 is 1.84 bits per heavy atom. The zero-order valence-electron chi connectivity index (χ0n) is 24.8. The Labute approximate surface area is 252 Å². The molecule has 1 fully saturated rings. The van der Waals surface area contributed by atoms with Crippen molar-refractivity contribution in [3.63, 3.8) is 0 Å². The van der Waals surface area contributed by atoms with E-state index in [1.807, 2.05) is 30.3 Å². The van der Waals surface area contributed by atoms with Crippen LogP contribution >= 0.6 is 0 Å². The van der Waals surface area contributed by atoms with Crippen molar-refractivity contribution >= 4 is 29.4 Å². The number of rotatable bonds is 7. The first kappa shape index (κ1) is 30.9. The van der Waals surface area contributed by atoms with Crippen LogP contribution in [0.3, 0.4) is 0 Å². The fraction of sp³-hybridized carbons (Fsp3) is 0.452. The molecular formula is C31H35F2N5O6. The Hall–Kier alpha value is -4.55. The molecule has 0 saturated heterocycles. The van der Waals surface area contributed by atoms with E-state index in [0.717, 1.165) is 5.56 Å². The zero-order chi connectivity index (χ0) is 31.6. The second-order valence-electron chi connectivity index (χ2n) is 12.2. The number of alkyl carbamates (subject to hydrolysis) is 1. The number of ether oxygens (including phenoxy) is 2. The van der Waals surface area contributed by atoms with Gasteiger partial charge in [-0.2, -0.15) is 5.10 Å². The number of amides is 2. The van der Waals surface area contributed by atoms with Gasteiger partial charge in [0.2, 0.25) is 5.92 Å². The van der Waals surface area contributed by atoms with Gasteiger partial charge in [0.05, 0.1) is 42.8 Å². The number of imidazole rings is 1. The summed E-state index contributed by atoms with van der Waals surface area (Å²) in [5.74, 6) is -4.24. The Morgan fingerprint density at radius 3 is 2.50 bits per heavy atom. The summed E-state index contributed by atoms with van der Waals surface area (Å²) in [6.45, 7) is 5.10. The molecule has 1 unspecified atom stereocenters. The smallest absolute Gasteiger partial charge is 0.410 e. The number of hydrogen-bond acceptors (Lipinski definition) is 7. The van der Waals surface area contributed by atoms with Gasteiger partial charge in [0.1, 0.15) is 12.2 Å². The topological polar surface area (TPSA) is 135 Å². The lowest BCUT2D eigenvalue weighted by Gasteiger charge is -2.33. The summed E-state index contributed by atoms with van der Waals surface area (Å²) in [7, 11) is 0. The van der Waals surface area contributed by atoms with Crippen molar-refractivity contribution < 1.29 is 37.7 Å². The molecule has 1 atom stereocenters. The Kier molecular flexibility index (Phi) is 8.57. The van der Waals surface area contributed by atoms with Gasteiger partial charge < -0.3 is 19.9 Å². The van der Waals surface area contributed by atoms with Crippen LogP contribution in [-0.4, -0.2) is 67.4 Å². The number of alkyl halides is 2. The predicted molar refractivity (Wildman–Crippen MR) is 155 cm³/mol. The third-order valence-electron chi connectivity index (χ3n) is 7.70.